The fourth-order valence-corrected chi connectivity index (χ4v) is 6.54. The second kappa shape index (κ2) is 13.3. The van der Waals surface area contributed by atoms with Gasteiger partial charge in [0.2, 0.25) is 5.95 Å². The van der Waals surface area contributed by atoms with Crippen molar-refractivity contribution < 1.29 is 9.47 Å². The summed E-state index contributed by atoms with van der Waals surface area (Å²) < 4.78 is 15.4. The molecule has 262 valence electrons. The Labute approximate surface area is 310 Å². The summed E-state index contributed by atoms with van der Waals surface area (Å²) in [6.07, 6.45) is 7.15. The highest BCUT2D eigenvalue weighted by Crippen LogP contribution is 2.40. The summed E-state index contributed by atoms with van der Waals surface area (Å²) in [4.78, 5) is 18.6. The van der Waals surface area contributed by atoms with Crippen LogP contribution < -0.4 is 9.47 Å². The van der Waals surface area contributed by atoms with Crippen molar-refractivity contribution in [3.8, 4) is 51.5 Å². The van der Waals surface area contributed by atoms with Crippen molar-refractivity contribution in [2.75, 3.05) is 0 Å². The molecule has 4 aromatic carbocycles. The molecule has 7 nitrogen and oxygen atoms in total. The average Bonchev–Trinajstić information content (AvgIpc) is 3.47. The van der Waals surface area contributed by atoms with Crippen molar-refractivity contribution in [3.05, 3.63) is 151 Å². The van der Waals surface area contributed by atoms with E-state index in [4.69, 9.17) is 9.47 Å². The molecule has 4 aromatic heterocycles. The van der Waals surface area contributed by atoms with Gasteiger partial charge in [-0.2, -0.15) is 0 Å². The molecular formula is C46H41N5O2. The summed E-state index contributed by atoms with van der Waals surface area (Å²) in [5.41, 5.74) is 7.81. The molecule has 0 aliphatic carbocycles. The molecule has 0 aliphatic heterocycles. The third-order valence-electron chi connectivity index (χ3n) is 9.40. The monoisotopic (exact) mass is 695 g/mol. The number of fused-ring (bicyclic) bond motifs is 3. The smallest absolute Gasteiger partial charge is 0.234 e. The molecule has 7 heteroatoms. The highest BCUT2D eigenvalue weighted by atomic mass is 16.5. The first kappa shape index (κ1) is 33.8. The summed E-state index contributed by atoms with van der Waals surface area (Å²) in [5, 5.41) is 2.10. The van der Waals surface area contributed by atoms with E-state index in [9.17, 15) is 0 Å². The number of hydrogen-bond donors (Lipinski definition) is 0. The number of pyridine rings is 2. The van der Waals surface area contributed by atoms with E-state index in [-0.39, 0.29) is 10.8 Å². The van der Waals surface area contributed by atoms with Crippen LogP contribution in [0, 0.1) is 0 Å². The van der Waals surface area contributed by atoms with Crippen molar-refractivity contribution in [1.82, 2.24) is 24.5 Å². The first-order valence-electron chi connectivity index (χ1n) is 17.8. The largest absolute Gasteiger partial charge is 0.457 e. The molecule has 0 saturated heterocycles. The van der Waals surface area contributed by atoms with E-state index >= 15 is 0 Å². The molecule has 0 unspecified atom stereocenters. The van der Waals surface area contributed by atoms with Crippen LogP contribution in [0.25, 0.3) is 50.3 Å². The van der Waals surface area contributed by atoms with Gasteiger partial charge >= 0.3 is 0 Å². The molecule has 0 radical (unpaired) electrons. The Balaban J connectivity index is 1.22. The quantitative estimate of drug-likeness (QED) is 0.165. The molecule has 0 fully saturated rings. The van der Waals surface area contributed by atoms with Gasteiger partial charge in [-0.1, -0.05) is 53.7 Å². The Kier molecular flexibility index (Phi) is 8.50. The van der Waals surface area contributed by atoms with E-state index in [1.807, 2.05) is 67.0 Å². The molecule has 53 heavy (non-hydrogen) atoms. The third-order valence-corrected chi connectivity index (χ3v) is 9.40. The molecule has 0 amide bonds. The van der Waals surface area contributed by atoms with Gasteiger partial charge in [-0.15, -0.1) is 0 Å². The van der Waals surface area contributed by atoms with Crippen LogP contribution in [0.1, 0.15) is 52.7 Å². The van der Waals surface area contributed by atoms with Crippen molar-refractivity contribution in [2.45, 2.75) is 52.4 Å². The van der Waals surface area contributed by atoms with Crippen molar-refractivity contribution in [2.24, 2.45) is 0 Å². The van der Waals surface area contributed by atoms with Gasteiger partial charge in [0.25, 0.3) is 0 Å². The summed E-state index contributed by atoms with van der Waals surface area (Å²) >= 11 is 0. The summed E-state index contributed by atoms with van der Waals surface area (Å²) in [7, 11) is 0. The lowest BCUT2D eigenvalue weighted by Gasteiger charge is -2.21. The minimum atomic E-state index is -0.0855. The van der Waals surface area contributed by atoms with Crippen molar-refractivity contribution in [1.29, 1.82) is 0 Å². The number of rotatable bonds is 7. The van der Waals surface area contributed by atoms with Gasteiger partial charge in [-0.05, 0) is 113 Å². The Bertz CT molecular complexity index is 2410. The van der Waals surface area contributed by atoms with Gasteiger partial charge in [0.15, 0.2) is 0 Å². The maximum atomic E-state index is 6.65. The Hall–Kier alpha value is -6.34. The predicted octanol–water partition coefficient (Wildman–Crippen LogP) is 11.9. The first-order chi connectivity index (χ1) is 25.5. The molecule has 0 bridgehead atoms. The van der Waals surface area contributed by atoms with E-state index in [0.29, 0.717) is 17.4 Å². The van der Waals surface area contributed by atoms with Crippen LogP contribution >= 0.6 is 0 Å². The SMILES string of the molecule is CC(C)(C)c1cc(Oc2ccc3c4ccc(Oc5cc(-c6ccccn6)cc(C(C)(C)C)c5)cc4n(-c4ncccn4)c3c2)cc(-c2ccccn2)c1. The zero-order chi connectivity index (χ0) is 36.7. The lowest BCUT2D eigenvalue weighted by molar-refractivity contribution is 0.479. The van der Waals surface area contributed by atoms with E-state index in [1.165, 1.54) is 0 Å². The van der Waals surface area contributed by atoms with Crippen LogP contribution in [0.4, 0.5) is 0 Å². The standard InChI is InChI=1S/C46H41N5O2/c1-45(2,3)32-22-30(40-12-7-9-18-47-40)24-36(26-32)52-34-14-16-38-39-17-15-35(29-43(39)51(42(38)28-34)44-49-20-11-21-50-44)53-37-25-31(41-13-8-10-19-48-41)23-33(27-37)46(4,5)6/h7-29H,1-6H3. The fourth-order valence-electron chi connectivity index (χ4n) is 6.54. The molecule has 0 N–H and O–H groups in total. The zero-order valence-corrected chi connectivity index (χ0v) is 30.8. The van der Waals surface area contributed by atoms with Gasteiger partial charge < -0.3 is 9.47 Å². The van der Waals surface area contributed by atoms with Crippen molar-refractivity contribution >= 4 is 21.8 Å². The average molecular weight is 696 g/mol. The summed E-state index contributed by atoms with van der Waals surface area (Å²) in [6.45, 7) is 13.2. The van der Waals surface area contributed by atoms with Crippen LogP contribution in [0.3, 0.4) is 0 Å². The third kappa shape index (κ3) is 6.98. The van der Waals surface area contributed by atoms with Gasteiger partial charge in [0, 0.05) is 58.8 Å². The number of nitrogens with zero attached hydrogens (tertiary/aromatic N) is 5. The second-order valence-electron chi connectivity index (χ2n) is 15.4. The highest BCUT2D eigenvalue weighted by molar-refractivity contribution is 6.09. The summed E-state index contributed by atoms with van der Waals surface area (Å²) in [6, 6.07) is 38.8. The van der Waals surface area contributed by atoms with E-state index in [0.717, 1.165) is 66.9 Å². The fraction of sp³-hybridized carbons (Fsp3) is 0.174. The highest BCUT2D eigenvalue weighted by Gasteiger charge is 2.21. The Morgan fingerprint density at radius 3 is 1.30 bits per heavy atom. The number of benzene rings is 4. The van der Waals surface area contributed by atoms with E-state index < -0.39 is 0 Å². The van der Waals surface area contributed by atoms with Crippen LogP contribution in [-0.2, 0) is 10.8 Å². The Morgan fingerprint density at radius 1 is 0.434 bits per heavy atom. The van der Waals surface area contributed by atoms with Gasteiger partial charge in [-0.3, -0.25) is 14.5 Å². The zero-order valence-electron chi connectivity index (χ0n) is 30.8. The lowest BCUT2D eigenvalue weighted by Crippen LogP contribution is -2.11. The number of aromatic nitrogens is 5. The van der Waals surface area contributed by atoms with E-state index in [1.54, 1.807) is 12.4 Å². The maximum Gasteiger partial charge on any atom is 0.234 e. The molecule has 0 saturated carbocycles. The minimum Gasteiger partial charge on any atom is -0.457 e. The molecule has 4 heterocycles. The van der Waals surface area contributed by atoms with E-state index in [2.05, 4.69) is 127 Å². The minimum absolute atomic E-state index is 0.0855. The molecule has 8 rings (SSSR count). The van der Waals surface area contributed by atoms with Gasteiger partial charge in [0.1, 0.15) is 23.0 Å². The lowest BCUT2D eigenvalue weighted by atomic mass is 9.85. The molecule has 0 aliphatic rings. The van der Waals surface area contributed by atoms with Crippen LogP contribution in [0.5, 0.6) is 23.0 Å². The second-order valence-corrected chi connectivity index (χ2v) is 15.4. The summed E-state index contributed by atoms with van der Waals surface area (Å²) in [5.74, 6) is 3.45. The topological polar surface area (TPSA) is 75.0 Å². The number of ether oxygens (including phenoxy) is 2. The Morgan fingerprint density at radius 2 is 0.887 bits per heavy atom. The molecular weight excluding hydrogens is 655 g/mol. The van der Waals surface area contributed by atoms with Crippen LogP contribution in [0.15, 0.2) is 140 Å². The molecule has 8 aromatic rings. The maximum absolute atomic E-state index is 6.65. The predicted molar refractivity (Wildman–Crippen MR) is 213 cm³/mol. The molecule has 0 spiro atoms. The normalized spacial score (nSPS) is 12.0. The van der Waals surface area contributed by atoms with Gasteiger partial charge in [0.05, 0.1) is 22.4 Å². The van der Waals surface area contributed by atoms with Crippen LogP contribution in [0.2, 0.25) is 0 Å². The number of hydrogen-bond acceptors (Lipinski definition) is 6. The van der Waals surface area contributed by atoms with Crippen molar-refractivity contribution in [3.63, 3.8) is 0 Å². The molecule has 0 atom stereocenters. The first-order valence-corrected chi connectivity index (χ1v) is 17.8. The van der Waals surface area contributed by atoms with Gasteiger partial charge in [-0.25, -0.2) is 9.97 Å². The van der Waals surface area contributed by atoms with Crippen LogP contribution in [-0.4, -0.2) is 24.5 Å².